The van der Waals surface area contributed by atoms with Gasteiger partial charge in [-0.2, -0.15) is 0 Å². The molecule has 0 bridgehead atoms. The van der Waals surface area contributed by atoms with E-state index in [1.807, 2.05) is 36.4 Å². The van der Waals surface area contributed by atoms with Crippen LogP contribution < -0.4 is 5.73 Å². The van der Waals surface area contributed by atoms with E-state index in [4.69, 9.17) is 17.3 Å². The molecule has 1 aromatic carbocycles. The number of halogens is 1. The first-order chi connectivity index (χ1) is 12.5. The number of aromatic nitrogens is 1. The zero-order valence-corrected chi connectivity index (χ0v) is 14.7. The summed E-state index contributed by atoms with van der Waals surface area (Å²) < 4.78 is 0. The van der Waals surface area contributed by atoms with Crippen LogP contribution >= 0.6 is 11.6 Å². The Morgan fingerprint density at radius 1 is 1.27 bits per heavy atom. The zero-order chi connectivity index (χ0) is 18.3. The number of nitrogens with zero attached hydrogens (tertiary/aromatic N) is 4. The van der Waals surface area contributed by atoms with Crippen LogP contribution in [0.5, 0.6) is 0 Å². The van der Waals surface area contributed by atoms with Gasteiger partial charge in [0.25, 0.3) is 0 Å². The highest BCUT2D eigenvalue weighted by molar-refractivity contribution is 6.29. The minimum Gasteiger partial charge on any atom is -0.320 e. The molecule has 8 heteroatoms. The lowest BCUT2D eigenvalue weighted by molar-refractivity contribution is -0.660. The monoisotopic (exact) mass is 371 g/mol. The molecule has 134 valence electrons. The van der Waals surface area contributed by atoms with Crippen molar-refractivity contribution in [2.75, 3.05) is 13.1 Å². The molecule has 1 saturated heterocycles. The van der Waals surface area contributed by atoms with Gasteiger partial charge in [-0.3, -0.25) is 4.90 Å². The Balaban J connectivity index is 1.65. The van der Waals surface area contributed by atoms with Crippen LogP contribution in [0, 0.1) is 10.1 Å². The topological polar surface area (TPSA) is 88.5 Å². The van der Waals surface area contributed by atoms with E-state index in [1.165, 1.54) is 5.01 Å². The maximum Gasteiger partial charge on any atom is 0.166 e. The first-order valence-corrected chi connectivity index (χ1v) is 8.74. The molecule has 1 aliphatic carbocycles. The molecule has 0 saturated carbocycles. The summed E-state index contributed by atoms with van der Waals surface area (Å²) >= 11 is 5.85. The minimum atomic E-state index is -0.483. The van der Waals surface area contributed by atoms with Gasteiger partial charge in [-0.25, -0.2) is 15.1 Å². The van der Waals surface area contributed by atoms with Gasteiger partial charge in [-0.05, 0) is 34.4 Å². The zero-order valence-electron chi connectivity index (χ0n) is 14.0. The Hall–Kier alpha value is -2.48. The maximum atomic E-state index is 11.6. The normalized spacial score (nSPS) is 22.4. The first kappa shape index (κ1) is 17.0. The molecular weight excluding hydrogens is 354 g/mol. The average molecular weight is 372 g/mol. The Bertz CT molecular complexity index is 870. The van der Waals surface area contributed by atoms with Gasteiger partial charge in [0.2, 0.25) is 0 Å². The van der Waals surface area contributed by atoms with E-state index in [-0.39, 0.29) is 11.1 Å². The summed E-state index contributed by atoms with van der Waals surface area (Å²) in [6, 6.07) is 11.1. The largest absolute Gasteiger partial charge is 0.320 e. The molecule has 0 spiro atoms. The second kappa shape index (κ2) is 6.68. The van der Waals surface area contributed by atoms with Gasteiger partial charge in [0.1, 0.15) is 5.15 Å². The van der Waals surface area contributed by atoms with E-state index < -0.39 is 6.17 Å². The highest BCUT2D eigenvalue weighted by atomic mass is 35.5. The molecule has 1 aliphatic heterocycles. The lowest BCUT2D eigenvalue weighted by atomic mass is 10.0. The molecule has 2 aromatic rings. The van der Waals surface area contributed by atoms with Crippen molar-refractivity contribution in [3.63, 3.8) is 0 Å². The second-order valence-corrected chi connectivity index (χ2v) is 6.87. The van der Waals surface area contributed by atoms with E-state index in [9.17, 15) is 10.1 Å². The first-order valence-electron chi connectivity index (χ1n) is 8.36. The molecule has 7 nitrogen and oxygen atoms in total. The van der Waals surface area contributed by atoms with Crippen molar-refractivity contribution in [2.24, 2.45) is 5.73 Å². The number of nitrogens with two attached hydrogens (primary N) is 1. The van der Waals surface area contributed by atoms with Crippen LogP contribution in [0.4, 0.5) is 0 Å². The lowest BCUT2D eigenvalue weighted by Gasteiger charge is -2.28. The van der Waals surface area contributed by atoms with Crippen LogP contribution in [0.3, 0.4) is 0 Å². The minimum absolute atomic E-state index is 0.332. The van der Waals surface area contributed by atoms with Gasteiger partial charge in [0.05, 0.1) is 12.6 Å². The molecule has 2 unspecified atom stereocenters. The Morgan fingerprint density at radius 3 is 2.77 bits per heavy atom. The molecule has 4 rings (SSSR count). The summed E-state index contributed by atoms with van der Waals surface area (Å²) in [6.07, 6.45) is 3.20. The predicted octanol–water partition coefficient (Wildman–Crippen LogP) is 2.47. The summed E-state index contributed by atoms with van der Waals surface area (Å²) in [5.74, 6) is 0. The standard InChI is InChI=1S/C18H18ClN5O2/c19-16-6-5-12(10-21-16)11-22-7-8-23(24(25)26)18(22)15-9-13-3-1-2-4-14(13)17(15)20/h1-6,9-10,17-18H,7-8,11,20H2. The fourth-order valence-electron chi connectivity index (χ4n) is 3.73. The number of nitro groups is 1. The molecule has 2 aliphatic rings. The van der Waals surface area contributed by atoms with Crippen molar-refractivity contribution in [3.05, 3.63) is 80.1 Å². The van der Waals surface area contributed by atoms with E-state index >= 15 is 0 Å². The third-order valence-electron chi connectivity index (χ3n) is 4.94. The smallest absolute Gasteiger partial charge is 0.166 e. The van der Waals surface area contributed by atoms with E-state index in [0.717, 1.165) is 22.3 Å². The molecule has 0 radical (unpaired) electrons. The number of hydrazine groups is 1. The third-order valence-corrected chi connectivity index (χ3v) is 5.16. The Morgan fingerprint density at radius 2 is 2.08 bits per heavy atom. The van der Waals surface area contributed by atoms with Crippen LogP contribution in [-0.2, 0) is 6.54 Å². The number of hydrogen-bond donors (Lipinski definition) is 1. The molecule has 0 amide bonds. The van der Waals surface area contributed by atoms with Crippen molar-refractivity contribution in [2.45, 2.75) is 18.8 Å². The molecule has 2 heterocycles. The second-order valence-electron chi connectivity index (χ2n) is 6.49. The summed E-state index contributed by atoms with van der Waals surface area (Å²) in [4.78, 5) is 17.8. The number of benzene rings is 1. The summed E-state index contributed by atoms with van der Waals surface area (Å²) in [6.45, 7) is 1.47. The number of rotatable bonds is 4. The predicted molar refractivity (Wildman–Crippen MR) is 98.5 cm³/mol. The summed E-state index contributed by atoms with van der Waals surface area (Å²) in [5, 5.41) is 13.0. The molecule has 2 atom stereocenters. The fourth-order valence-corrected chi connectivity index (χ4v) is 3.84. The SMILES string of the molecule is NC1C(C2N(Cc3ccc(Cl)nc3)CCN2[N+](=O)[O-])=Cc2ccccc21. The van der Waals surface area contributed by atoms with Gasteiger partial charge in [0.15, 0.2) is 11.2 Å². The average Bonchev–Trinajstić information content (AvgIpc) is 3.18. The molecule has 1 aromatic heterocycles. The van der Waals surface area contributed by atoms with Crippen molar-refractivity contribution < 1.29 is 5.03 Å². The third kappa shape index (κ3) is 2.94. The maximum absolute atomic E-state index is 11.6. The van der Waals surface area contributed by atoms with Crippen molar-refractivity contribution in [1.29, 1.82) is 0 Å². The van der Waals surface area contributed by atoms with Gasteiger partial charge < -0.3 is 5.73 Å². The molecule has 26 heavy (non-hydrogen) atoms. The van der Waals surface area contributed by atoms with Crippen molar-refractivity contribution in [1.82, 2.24) is 14.9 Å². The summed E-state index contributed by atoms with van der Waals surface area (Å²) in [5.41, 5.74) is 10.3. The van der Waals surface area contributed by atoms with Crippen molar-refractivity contribution in [3.8, 4) is 0 Å². The van der Waals surface area contributed by atoms with Crippen molar-refractivity contribution >= 4 is 17.7 Å². The lowest BCUT2D eigenvalue weighted by Crippen LogP contribution is -2.44. The van der Waals surface area contributed by atoms with E-state index in [0.29, 0.717) is 24.8 Å². The van der Waals surface area contributed by atoms with Gasteiger partial charge in [-0.1, -0.05) is 41.9 Å². The highest BCUT2D eigenvalue weighted by Gasteiger charge is 2.44. The van der Waals surface area contributed by atoms with Crippen LogP contribution in [0.25, 0.3) is 6.08 Å². The van der Waals surface area contributed by atoms with Crippen LogP contribution in [-0.4, -0.2) is 39.2 Å². The van der Waals surface area contributed by atoms with E-state index in [1.54, 1.807) is 12.3 Å². The number of fused-ring (bicyclic) bond motifs is 1. The van der Waals surface area contributed by atoms with Crippen LogP contribution in [0.2, 0.25) is 5.15 Å². The highest BCUT2D eigenvalue weighted by Crippen LogP contribution is 2.38. The number of hydrogen-bond acceptors (Lipinski definition) is 5. The Kier molecular flexibility index (Phi) is 4.36. The van der Waals surface area contributed by atoms with Gasteiger partial charge >= 0.3 is 0 Å². The van der Waals surface area contributed by atoms with Gasteiger partial charge in [0, 0.05) is 19.3 Å². The van der Waals surface area contributed by atoms with Gasteiger partial charge in [-0.15, -0.1) is 5.01 Å². The quantitative estimate of drug-likeness (QED) is 0.504. The van der Waals surface area contributed by atoms with Crippen LogP contribution in [0.1, 0.15) is 22.7 Å². The van der Waals surface area contributed by atoms with Crippen LogP contribution in [0.15, 0.2) is 48.2 Å². The summed E-state index contributed by atoms with van der Waals surface area (Å²) in [7, 11) is 0. The number of pyridine rings is 1. The van der Waals surface area contributed by atoms with E-state index in [2.05, 4.69) is 9.88 Å². The molecule has 2 N–H and O–H groups in total. The Labute approximate surface area is 155 Å². The fraction of sp³-hybridized carbons (Fsp3) is 0.278. The molecule has 1 fully saturated rings. The molecular formula is C18H18ClN5O2.